The van der Waals surface area contributed by atoms with Gasteiger partial charge in [0.05, 0.1) is 11.4 Å². The van der Waals surface area contributed by atoms with Gasteiger partial charge in [-0.3, -0.25) is 4.79 Å². The standard InChI is InChI=1S/C15H14BrFN2O/c1-9-7-10(3-5-12(9)17)15(20)19(2)14-6-4-11(16)8-13(14)18/h3-8H,18H2,1-2H3. The summed E-state index contributed by atoms with van der Waals surface area (Å²) in [5.74, 6) is -0.561. The lowest BCUT2D eigenvalue weighted by Crippen LogP contribution is -2.27. The van der Waals surface area contributed by atoms with Crippen molar-refractivity contribution in [2.24, 2.45) is 0 Å². The first-order chi connectivity index (χ1) is 9.40. The zero-order chi connectivity index (χ0) is 14.9. The van der Waals surface area contributed by atoms with Gasteiger partial charge in [0.25, 0.3) is 5.91 Å². The van der Waals surface area contributed by atoms with Crippen LogP contribution in [0.1, 0.15) is 15.9 Å². The third-order valence-corrected chi connectivity index (χ3v) is 3.55. The Labute approximate surface area is 125 Å². The third kappa shape index (κ3) is 2.82. The lowest BCUT2D eigenvalue weighted by molar-refractivity contribution is 0.0993. The molecule has 0 aromatic heterocycles. The van der Waals surface area contributed by atoms with E-state index in [0.29, 0.717) is 22.5 Å². The molecule has 5 heteroatoms. The molecule has 0 aliphatic heterocycles. The summed E-state index contributed by atoms with van der Waals surface area (Å²) in [6, 6.07) is 9.59. The molecule has 3 nitrogen and oxygen atoms in total. The van der Waals surface area contributed by atoms with Crippen LogP contribution < -0.4 is 10.6 Å². The number of carbonyl (C=O) groups is 1. The summed E-state index contributed by atoms with van der Waals surface area (Å²) in [4.78, 5) is 13.8. The maximum absolute atomic E-state index is 13.2. The van der Waals surface area contributed by atoms with Crippen molar-refractivity contribution >= 4 is 33.2 Å². The highest BCUT2D eigenvalue weighted by atomic mass is 79.9. The van der Waals surface area contributed by atoms with E-state index < -0.39 is 0 Å². The lowest BCUT2D eigenvalue weighted by Gasteiger charge is -2.19. The Morgan fingerprint density at radius 1 is 1.25 bits per heavy atom. The van der Waals surface area contributed by atoms with Crippen molar-refractivity contribution in [2.45, 2.75) is 6.92 Å². The Morgan fingerprint density at radius 3 is 2.55 bits per heavy atom. The minimum absolute atomic E-state index is 0.234. The van der Waals surface area contributed by atoms with Crippen LogP contribution >= 0.6 is 15.9 Å². The number of hydrogen-bond donors (Lipinski definition) is 1. The number of benzene rings is 2. The van der Waals surface area contributed by atoms with Crippen LogP contribution in [-0.4, -0.2) is 13.0 Å². The molecule has 0 saturated carbocycles. The van der Waals surface area contributed by atoms with E-state index in [-0.39, 0.29) is 11.7 Å². The summed E-state index contributed by atoms with van der Waals surface area (Å²) in [5, 5.41) is 0. The molecule has 2 rings (SSSR count). The van der Waals surface area contributed by atoms with Crippen molar-refractivity contribution < 1.29 is 9.18 Å². The number of halogens is 2. The number of nitrogens with zero attached hydrogens (tertiary/aromatic N) is 1. The molecule has 0 heterocycles. The summed E-state index contributed by atoms with van der Waals surface area (Å²) >= 11 is 3.32. The predicted octanol–water partition coefficient (Wildman–Crippen LogP) is 3.76. The molecule has 0 unspecified atom stereocenters. The topological polar surface area (TPSA) is 46.3 Å². The summed E-state index contributed by atoms with van der Waals surface area (Å²) in [5.41, 5.74) is 7.88. The van der Waals surface area contributed by atoms with Crippen LogP contribution in [-0.2, 0) is 0 Å². The van der Waals surface area contributed by atoms with Crippen LogP contribution in [0.3, 0.4) is 0 Å². The molecule has 1 amide bonds. The van der Waals surface area contributed by atoms with Crippen molar-refractivity contribution in [3.05, 3.63) is 57.8 Å². The van der Waals surface area contributed by atoms with E-state index in [1.807, 2.05) is 6.07 Å². The van der Waals surface area contributed by atoms with Gasteiger partial charge in [0.15, 0.2) is 0 Å². The van der Waals surface area contributed by atoms with E-state index >= 15 is 0 Å². The summed E-state index contributed by atoms with van der Waals surface area (Å²) in [7, 11) is 1.64. The second-order valence-electron chi connectivity index (χ2n) is 4.53. The number of aryl methyl sites for hydroxylation is 1. The van der Waals surface area contributed by atoms with Gasteiger partial charge >= 0.3 is 0 Å². The maximum atomic E-state index is 13.2. The fourth-order valence-electron chi connectivity index (χ4n) is 1.91. The monoisotopic (exact) mass is 336 g/mol. The molecule has 0 spiro atoms. The van der Waals surface area contributed by atoms with Gasteiger partial charge in [-0.05, 0) is 48.9 Å². The smallest absolute Gasteiger partial charge is 0.258 e. The number of rotatable bonds is 2. The normalized spacial score (nSPS) is 10.4. The van der Waals surface area contributed by atoms with E-state index in [9.17, 15) is 9.18 Å². The van der Waals surface area contributed by atoms with E-state index in [1.54, 1.807) is 26.1 Å². The minimum Gasteiger partial charge on any atom is -0.397 e. The van der Waals surface area contributed by atoms with Crippen LogP contribution in [0.15, 0.2) is 40.9 Å². The van der Waals surface area contributed by atoms with Gasteiger partial charge < -0.3 is 10.6 Å². The number of nitrogens with two attached hydrogens (primary N) is 1. The molecule has 0 fully saturated rings. The van der Waals surface area contributed by atoms with Crippen molar-refractivity contribution in [3.8, 4) is 0 Å². The first kappa shape index (κ1) is 14.5. The first-order valence-electron chi connectivity index (χ1n) is 5.99. The van der Waals surface area contributed by atoms with Gasteiger partial charge in [-0.15, -0.1) is 0 Å². The average Bonchev–Trinajstić information content (AvgIpc) is 2.40. The Morgan fingerprint density at radius 2 is 1.95 bits per heavy atom. The van der Waals surface area contributed by atoms with Gasteiger partial charge in [-0.2, -0.15) is 0 Å². The zero-order valence-electron chi connectivity index (χ0n) is 11.2. The van der Waals surface area contributed by atoms with E-state index in [0.717, 1.165) is 4.47 Å². The SMILES string of the molecule is Cc1cc(C(=O)N(C)c2ccc(Br)cc2N)ccc1F. The largest absolute Gasteiger partial charge is 0.397 e. The van der Waals surface area contributed by atoms with Gasteiger partial charge in [0.2, 0.25) is 0 Å². The van der Waals surface area contributed by atoms with Crippen molar-refractivity contribution in [1.29, 1.82) is 0 Å². The minimum atomic E-state index is -0.327. The zero-order valence-corrected chi connectivity index (χ0v) is 12.7. The fraction of sp³-hybridized carbons (Fsp3) is 0.133. The summed E-state index contributed by atoms with van der Waals surface area (Å²) in [6.45, 7) is 1.63. The molecular formula is C15H14BrFN2O. The van der Waals surface area contributed by atoms with E-state index in [2.05, 4.69) is 15.9 Å². The first-order valence-corrected chi connectivity index (χ1v) is 6.78. The van der Waals surface area contributed by atoms with Crippen LogP contribution in [0.2, 0.25) is 0 Å². The van der Waals surface area contributed by atoms with Crippen LogP contribution in [0.4, 0.5) is 15.8 Å². The Kier molecular flexibility index (Phi) is 4.09. The Bertz CT molecular complexity index is 673. The van der Waals surface area contributed by atoms with Crippen molar-refractivity contribution in [3.63, 3.8) is 0 Å². The van der Waals surface area contributed by atoms with Crippen LogP contribution in [0.5, 0.6) is 0 Å². The quantitative estimate of drug-likeness (QED) is 0.849. The van der Waals surface area contributed by atoms with Crippen molar-refractivity contribution in [2.75, 3.05) is 17.7 Å². The molecule has 2 aromatic carbocycles. The lowest BCUT2D eigenvalue weighted by atomic mass is 10.1. The number of hydrogen-bond acceptors (Lipinski definition) is 2. The molecule has 0 radical (unpaired) electrons. The third-order valence-electron chi connectivity index (χ3n) is 3.06. The molecule has 0 saturated heterocycles. The molecule has 0 atom stereocenters. The average molecular weight is 337 g/mol. The second kappa shape index (κ2) is 5.63. The predicted molar refractivity (Wildman–Crippen MR) is 82.4 cm³/mol. The molecular weight excluding hydrogens is 323 g/mol. The van der Waals surface area contributed by atoms with E-state index in [4.69, 9.17) is 5.73 Å². The molecule has 0 aliphatic rings. The fourth-order valence-corrected chi connectivity index (χ4v) is 2.29. The number of amides is 1. The number of nitrogen functional groups attached to an aromatic ring is 1. The maximum Gasteiger partial charge on any atom is 0.258 e. The van der Waals surface area contributed by atoms with E-state index in [1.165, 1.54) is 23.1 Å². The van der Waals surface area contributed by atoms with Crippen LogP contribution in [0.25, 0.3) is 0 Å². The molecule has 2 N–H and O–H groups in total. The highest BCUT2D eigenvalue weighted by Crippen LogP contribution is 2.27. The highest BCUT2D eigenvalue weighted by molar-refractivity contribution is 9.10. The van der Waals surface area contributed by atoms with Gasteiger partial charge in [0.1, 0.15) is 5.82 Å². The number of carbonyl (C=O) groups excluding carboxylic acids is 1. The molecule has 0 bridgehead atoms. The molecule has 104 valence electrons. The molecule has 2 aromatic rings. The van der Waals surface area contributed by atoms with Crippen LogP contribution in [0, 0.1) is 12.7 Å². The van der Waals surface area contributed by atoms with Gasteiger partial charge in [0, 0.05) is 17.1 Å². The van der Waals surface area contributed by atoms with Gasteiger partial charge in [-0.1, -0.05) is 15.9 Å². The highest BCUT2D eigenvalue weighted by Gasteiger charge is 2.16. The number of anilines is 2. The van der Waals surface area contributed by atoms with Crippen molar-refractivity contribution in [1.82, 2.24) is 0 Å². The van der Waals surface area contributed by atoms with Gasteiger partial charge in [-0.25, -0.2) is 4.39 Å². The molecule has 20 heavy (non-hydrogen) atoms. The Hall–Kier alpha value is -1.88. The summed E-state index contributed by atoms with van der Waals surface area (Å²) in [6.07, 6.45) is 0. The molecule has 0 aliphatic carbocycles. The Balaban J connectivity index is 2.34. The summed E-state index contributed by atoms with van der Waals surface area (Å²) < 4.78 is 14.1. The second-order valence-corrected chi connectivity index (χ2v) is 5.45.